The summed E-state index contributed by atoms with van der Waals surface area (Å²) in [5, 5.41) is 2.86. The van der Waals surface area contributed by atoms with Gasteiger partial charge in [-0.05, 0) is 51.5 Å². The van der Waals surface area contributed by atoms with Gasteiger partial charge in [-0.15, -0.1) is 0 Å². The molecule has 0 saturated carbocycles. The highest BCUT2D eigenvalue weighted by atomic mass is 16.2. The molecule has 0 spiro atoms. The number of fused-ring (bicyclic) bond motifs is 1. The Bertz CT molecular complexity index is 547. The molecule has 2 rings (SSSR count). The van der Waals surface area contributed by atoms with E-state index in [2.05, 4.69) is 5.32 Å². The molecule has 0 atom stereocenters. The molecule has 0 radical (unpaired) electrons. The number of likely N-dealkylation sites (N-methyl/N-ethyl adjacent to an activating group) is 1. The number of nitrogens with one attached hydrogen (secondary N) is 1. The zero-order valence-corrected chi connectivity index (χ0v) is 12.1. The molecule has 1 aliphatic heterocycles. The zero-order chi connectivity index (χ0) is 14.4. The highest BCUT2D eigenvalue weighted by molar-refractivity contribution is 6.08. The summed E-state index contributed by atoms with van der Waals surface area (Å²) >= 11 is 0. The number of carbonyl (C=O) groups excluding carboxylic acids is 2. The lowest BCUT2D eigenvalue weighted by molar-refractivity contribution is -0.121. The molecule has 0 fully saturated rings. The average molecular weight is 260 g/mol. The Morgan fingerprint density at radius 2 is 1.95 bits per heavy atom. The molecular formula is C15H20N2O2. The molecule has 1 heterocycles. The Hall–Kier alpha value is -1.84. The number of hydrogen-bond acceptors (Lipinski definition) is 2. The molecule has 1 aromatic rings. The van der Waals surface area contributed by atoms with Crippen molar-refractivity contribution in [1.29, 1.82) is 0 Å². The average Bonchev–Trinajstić information content (AvgIpc) is 2.50. The lowest BCUT2D eigenvalue weighted by Crippen LogP contribution is -2.33. The second kappa shape index (κ2) is 4.37. The first kappa shape index (κ1) is 13.6. The van der Waals surface area contributed by atoms with E-state index in [1.165, 1.54) is 0 Å². The second-order valence-corrected chi connectivity index (χ2v) is 5.85. The number of nitrogens with zero attached hydrogens (tertiary/aromatic N) is 1. The Labute approximate surface area is 113 Å². The molecule has 4 heteroatoms. The molecule has 1 N–H and O–H groups in total. The first-order valence-corrected chi connectivity index (χ1v) is 6.48. The number of amides is 2. The summed E-state index contributed by atoms with van der Waals surface area (Å²) in [7, 11) is 1.77. The van der Waals surface area contributed by atoms with Gasteiger partial charge in [-0.3, -0.25) is 9.59 Å². The van der Waals surface area contributed by atoms with Crippen molar-refractivity contribution in [3.63, 3.8) is 0 Å². The van der Waals surface area contributed by atoms with Crippen molar-refractivity contribution in [2.45, 2.75) is 39.2 Å². The Kier molecular flexibility index (Phi) is 3.12. The predicted molar refractivity (Wildman–Crippen MR) is 75.5 cm³/mol. The smallest absolute Gasteiger partial charge is 0.251 e. The van der Waals surface area contributed by atoms with Crippen LogP contribution in [0.3, 0.4) is 0 Å². The predicted octanol–water partition coefficient (Wildman–Crippen LogP) is 2.08. The minimum absolute atomic E-state index is 0.0592. The number of benzene rings is 1. The molecule has 0 unspecified atom stereocenters. The number of rotatable bonds is 2. The van der Waals surface area contributed by atoms with Crippen molar-refractivity contribution in [1.82, 2.24) is 5.32 Å². The van der Waals surface area contributed by atoms with Gasteiger partial charge in [-0.25, -0.2) is 0 Å². The normalized spacial score (nSPS) is 16.7. The van der Waals surface area contributed by atoms with Gasteiger partial charge in [0.1, 0.15) is 0 Å². The van der Waals surface area contributed by atoms with Crippen LogP contribution in [0.15, 0.2) is 18.2 Å². The molecule has 2 amide bonds. The Morgan fingerprint density at radius 3 is 2.53 bits per heavy atom. The highest BCUT2D eigenvalue weighted by Gasteiger charge is 2.42. The van der Waals surface area contributed by atoms with Crippen LogP contribution < -0.4 is 10.2 Å². The molecule has 0 bridgehead atoms. The summed E-state index contributed by atoms with van der Waals surface area (Å²) in [6.07, 6.45) is 0. The number of anilines is 1. The Morgan fingerprint density at radius 1 is 1.32 bits per heavy atom. The van der Waals surface area contributed by atoms with Crippen LogP contribution in [0.4, 0.5) is 5.69 Å². The minimum Gasteiger partial charge on any atom is -0.350 e. The van der Waals surface area contributed by atoms with Crippen LogP contribution >= 0.6 is 0 Å². The van der Waals surface area contributed by atoms with Gasteiger partial charge in [0.25, 0.3) is 5.91 Å². The van der Waals surface area contributed by atoms with Crippen molar-refractivity contribution in [2.75, 3.05) is 11.9 Å². The van der Waals surface area contributed by atoms with Crippen molar-refractivity contribution in [3.8, 4) is 0 Å². The van der Waals surface area contributed by atoms with E-state index in [1.807, 2.05) is 39.8 Å². The first-order chi connectivity index (χ1) is 8.75. The lowest BCUT2D eigenvalue weighted by Gasteiger charge is -2.17. The van der Waals surface area contributed by atoms with Gasteiger partial charge in [-0.1, -0.05) is 0 Å². The van der Waals surface area contributed by atoms with Crippen LogP contribution in [0.2, 0.25) is 0 Å². The van der Waals surface area contributed by atoms with Crippen molar-refractivity contribution < 1.29 is 9.59 Å². The summed E-state index contributed by atoms with van der Waals surface area (Å²) < 4.78 is 0. The third-order valence-corrected chi connectivity index (χ3v) is 3.55. The lowest BCUT2D eigenvalue weighted by atomic mass is 9.85. The van der Waals surface area contributed by atoms with E-state index in [0.29, 0.717) is 5.56 Å². The summed E-state index contributed by atoms with van der Waals surface area (Å²) in [4.78, 5) is 25.8. The molecular weight excluding hydrogens is 240 g/mol. The summed E-state index contributed by atoms with van der Waals surface area (Å²) in [5.41, 5.74) is 1.83. The second-order valence-electron chi connectivity index (χ2n) is 5.85. The minimum atomic E-state index is -0.571. The maximum absolute atomic E-state index is 12.2. The van der Waals surface area contributed by atoms with Crippen LogP contribution in [-0.2, 0) is 10.2 Å². The van der Waals surface area contributed by atoms with Gasteiger partial charge in [-0.2, -0.15) is 0 Å². The maximum Gasteiger partial charge on any atom is 0.251 e. The van der Waals surface area contributed by atoms with Crippen molar-refractivity contribution in [3.05, 3.63) is 29.3 Å². The van der Waals surface area contributed by atoms with Crippen LogP contribution in [-0.4, -0.2) is 24.9 Å². The van der Waals surface area contributed by atoms with Crippen molar-refractivity contribution in [2.24, 2.45) is 0 Å². The largest absolute Gasteiger partial charge is 0.350 e. The van der Waals surface area contributed by atoms with E-state index in [4.69, 9.17) is 0 Å². The van der Waals surface area contributed by atoms with E-state index >= 15 is 0 Å². The summed E-state index contributed by atoms with van der Waals surface area (Å²) in [6, 6.07) is 5.53. The molecule has 0 saturated heterocycles. The van der Waals surface area contributed by atoms with E-state index in [9.17, 15) is 9.59 Å². The van der Waals surface area contributed by atoms with Gasteiger partial charge >= 0.3 is 0 Å². The van der Waals surface area contributed by atoms with Crippen LogP contribution in [0.25, 0.3) is 0 Å². The third kappa shape index (κ3) is 2.11. The molecule has 102 valence electrons. The first-order valence-electron chi connectivity index (χ1n) is 6.48. The van der Waals surface area contributed by atoms with Crippen LogP contribution in [0.1, 0.15) is 43.6 Å². The fraction of sp³-hybridized carbons (Fsp3) is 0.467. The molecule has 0 aromatic heterocycles. The number of hydrogen-bond donors (Lipinski definition) is 1. The van der Waals surface area contributed by atoms with Gasteiger partial charge in [0.05, 0.1) is 5.41 Å². The quantitative estimate of drug-likeness (QED) is 0.885. The molecule has 1 aromatic carbocycles. The van der Waals surface area contributed by atoms with E-state index < -0.39 is 5.41 Å². The zero-order valence-electron chi connectivity index (χ0n) is 12.1. The van der Waals surface area contributed by atoms with E-state index in [0.717, 1.165) is 11.3 Å². The summed E-state index contributed by atoms with van der Waals surface area (Å²) in [5.74, 6) is -0.0421. The van der Waals surface area contributed by atoms with E-state index in [1.54, 1.807) is 18.0 Å². The molecule has 4 nitrogen and oxygen atoms in total. The maximum atomic E-state index is 12.2. The monoisotopic (exact) mass is 260 g/mol. The summed E-state index contributed by atoms with van der Waals surface area (Å²) in [6.45, 7) is 7.63. The molecule has 0 aliphatic carbocycles. The van der Waals surface area contributed by atoms with Crippen molar-refractivity contribution >= 4 is 17.5 Å². The van der Waals surface area contributed by atoms with Crippen LogP contribution in [0.5, 0.6) is 0 Å². The van der Waals surface area contributed by atoms with Gasteiger partial charge < -0.3 is 10.2 Å². The standard InChI is InChI=1S/C15H20N2O2/c1-9(2)16-13(18)10-6-7-12-11(8-10)15(3,4)14(19)17(12)5/h6-9H,1-5H3,(H,16,18). The fourth-order valence-corrected chi connectivity index (χ4v) is 2.46. The Balaban J connectivity index is 2.43. The SMILES string of the molecule is CC(C)NC(=O)c1ccc2c(c1)C(C)(C)C(=O)N2C. The highest BCUT2D eigenvalue weighted by Crippen LogP contribution is 2.40. The topological polar surface area (TPSA) is 49.4 Å². The van der Waals surface area contributed by atoms with Gasteiger partial charge in [0.2, 0.25) is 5.91 Å². The molecule has 19 heavy (non-hydrogen) atoms. The van der Waals surface area contributed by atoms with Crippen LogP contribution in [0, 0.1) is 0 Å². The van der Waals surface area contributed by atoms with Gasteiger partial charge in [0, 0.05) is 24.3 Å². The molecule has 1 aliphatic rings. The number of carbonyl (C=O) groups is 2. The van der Waals surface area contributed by atoms with Gasteiger partial charge in [0.15, 0.2) is 0 Å². The third-order valence-electron chi connectivity index (χ3n) is 3.55. The fourth-order valence-electron chi connectivity index (χ4n) is 2.46. The van der Waals surface area contributed by atoms with E-state index in [-0.39, 0.29) is 17.9 Å².